The molecule has 4 heteroatoms. The highest BCUT2D eigenvalue weighted by atomic mass is 32.1. The van der Waals surface area contributed by atoms with Crippen LogP contribution in [-0.2, 0) is 17.6 Å². The fraction of sp³-hybridized carbons (Fsp3) is 0.400. The van der Waals surface area contributed by atoms with Crippen molar-refractivity contribution in [1.82, 2.24) is 10.3 Å². The second kappa shape index (κ2) is 6.57. The Morgan fingerprint density at radius 1 is 1.37 bits per heavy atom. The van der Waals surface area contributed by atoms with E-state index >= 15 is 0 Å². The van der Waals surface area contributed by atoms with Gasteiger partial charge in [0, 0.05) is 29.2 Å². The number of hydrogen-bond acceptors (Lipinski definition) is 2. The first kappa shape index (κ1) is 13.9. The predicted octanol–water partition coefficient (Wildman–Crippen LogP) is 2.98. The van der Waals surface area contributed by atoms with Crippen molar-refractivity contribution in [3.8, 4) is 0 Å². The minimum Gasteiger partial charge on any atom is -0.362 e. The zero-order valence-electron chi connectivity index (χ0n) is 11.5. The second-order valence-corrected chi connectivity index (χ2v) is 5.81. The van der Waals surface area contributed by atoms with Gasteiger partial charge < -0.3 is 10.3 Å². The Bertz CT molecular complexity index is 528. The van der Waals surface area contributed by atoms with Crippen molar-refractivity contribution < 1.29 is 4.79 Å². The highest BCUT2D eigenvalue weighted by Crippen LogP contribution is 2.11. The number of aryl methyl sites for hydroxylation is 3. The summed E-state index contributed by atoms with van der Waals surface area (Å²) in [4.78, 5) is 16.3. The van der Waals surface area contributed by atoms with E-state index in [4.69, 9.17) is 0 Å². The second-order valence-electron chi connectivity index (χ2n) is 4.78. The third-order valence-corrected chi connectivity index (χ3v) is 4.09. The van der Waals surface area contributed by atoms with Gasteiger partial charge in [0.15, 0.2) is 0 Å². The van der Waals surface area contributed by atoms with Gasteiger partial charge in [-0.3, -0.25) is 4.79 Å². The molecular formula is C15H20N2OS. The number of hydrogen-bond donors (Lipinski definition) is 2. The third-order valence-electron chi connectivity index (χ3n) is 3.15. The van der Waals surface area contributed by atoms with E-state index in [9.17, 15) is 4.79 Å². The van der Waals surface area contributed by atoms with Gasteiger partial charge in [0.1, 0.15) is 0 Å². The largest absolute Gasteiger partial charge is 0.362 e. The van der Waals surface area contributed by atoms with Crippen LogP contribution in [0.4, 0.5) is 0 Å². The molecular weight excluding hydrogens is 256 g/mol. The molecule has 0 radical (unpaired) electrons. The van der Waals surface area contributed by atoms with Gasteiger partial charge >= 0.3 is 0 Å². The fourth-order valence-corrected chi connectivity index (χ4v) is 2.87. The average molecular weight is 276 g/mol. The van der Waals surface area contributed by atoms with Crippen molar-refractivity contribution in [1.29, 1.82) is 0 Å². The maximum atomic E-state index is 11.7. The van der Waals surface area contributed by atoms with E-state index in [1.54, 1.807) is 11.3 Å². The summed E-state index contributed by atoms with van der Waals surface area (Å²) >= 11 is 1.71. The standard InChI is InChI=1S/C15H20N2OS/c1-11-10-13(12(2)17-11)7-8-16-15(18)6-5-14-4-3-9-19-14/h3-4,9-10,17H,5-8H2,1-2H3,(H,16,18). The van der Waals surface area contributed by atoms with E-state index in [0.717, 1.165) is 12.8 Å². The van der Waals surface area contributed by atoms with Crippen LogP contribution in [0.2, 0.25) is 0 Å². The summed E-state index contributed by atoms with van der Waals surface area (Å²) in [5, 5.41) is 5.03. The summed E-state index contributed by atoms with van der Waals surface area (Å²) in [5.41, 5.74) is 3.66. The van der Waals surface area contributed by atoms with E-state index in [1.165, 1.54) is 21.8 Å². The molecule has 3 nitrogen and oxygen atoms in total. The first-order chi connectivity index (χ1) is 9.15. The summed E-state index contributed by atoms with van der Waals surface area (Å²) in [6.45, 7) is 4.83. The normalized spacial score (nSPS) is 10.6. The Morgan fingerprint density at radius 2 is 2.21 bits per heavy atom. The quantitative estimate of drug-likeness (QED) is 0.837. The molecule has 2 aromatic rings. The highest BCUT2D eigenvalue weighted by molar-refractivity contribution is 7.09. The summed E-state index contributed by atoms with van der Waals surface area (Å²) in [6.07, 6.45) is 2.30. The van der Waals surface area contributed by atoms with Crippen molar-refractivity contribution in [2.45, 2.75) is 33.1 Å². The predicted molar refractivity (Wildman–Crippen MR) is 79.6 cm³/mol. The molecule has 2 rings (SSSR count). The van der Waals surface area contributed by atoms with Gasteiger partial charge in [0.05, 0.1) is 0 Å². The van der Waals surface area contributed by atoms with Gasteiger partial charge in [-0.05, 0) is 49.8 Å². The Balaban J connectivity index is 1.68. The van der Waals surface area contributed by atoms with Gasteiger partial charge in [0.2, 0.25) is 5.91 Å². The van der Waals surface area contributed by atoms with Crippen LogP contribution in [0.5, 0.6) is 0 Å². The third kappa shape index (κ3) is 4.24. The molecule has 0 aromatic carbocycles. The number of carbonyl (C=O) groups is 1. The highest BCUT2D eigenvalue weighted by Gasteiger charge is 2.05. The zero-order valence-corrected chi connectivity index (χ0v) is 12.3. The van der Waals surface area contributed by atoms with E-state index in [0.29, 0.717) is 13.0 Å². The average Bonchev–Trinajstić information content (AvgIpc) is 2.97. The van der Waals surface area contributed by atoms with Crippen LogP contribution in [0.15, 0.2) is 23.6 Å². The lowest BCUT2D eigenvalue weighted by molar-refractivity contribution is -0.121. The maximum absolute atomic E-state index is 11.7. The van der Waals surface area contributed by atoms with E-state index in [-0.39, 0.29) is 5.91 Å². The number of nitrogens with one attached hydrogen (secondary N) is 2. The Hall–Kier alpha value is -1.55. The molecule has 0 saturated carbocycles. The zero-order chi connectivity index (χ0) is 13.7. The van der Waals surface area contributed by atoms with Crippen molar-refractivity contribution in [2.75, 3.05) is 6.54 Å². The first-order valence-corrected chi connectivity index (χ1v) is 7.47. The molecule has 0 fully saturated rings. The maximum Gasteiger partial charge on any atom is 0.220 e. The molecule has 0 bridgehead atoms. The first-order valence-electron chi connectivity index (χ1n) is 6.59. The monoisotopic (exact) mass is 276 g/mol. The Kier molecular flexibility index (Phi) is 4.80. The van der Waals surface area contributed by atoms with E-state index in [1.807, 2.05) is 11.4 Å². The lowest BCUT2D eigenvalue weighted by Crippen LogP contribution is -2.25. The minimum atomic E-state index is 0.137. The lowest BCUT2D eigenvalue weighted by atomic mass is 10.2. The molecule has 2 N–H and O–H groups in total. The summed E-state index contributed by atoms with van der Waals surface area (Å²) < 4.78 is 0. The van der Waals surface area contributed by atoms with Crippen molar-refractivity contribution >= 4 is 17.2 Å². The molecule has 0 aliphatic carbocycles. The summed E-state index contributed by atoms with van der Waals surface area (Å²) in [7, 11) is 0. The van der Waals surface area contributed by atoms with Crippen LogP contribution >= 0.6 is 11.3 Å². The number of thiophene rings is 1. The Labute approximate surface area is 118 Å². The van der Waals surface area contributed by atoms with Crippen LogP contribution in [0.3, 0.4) is 0 Å². The van der Waals surface area contributed by atoms with E-state index in [2.05, 4.69) is 36.3 Å². The SMILES string of the molecule is Cc1cc(CCNC(=O)CCc2cccs2)c(C)[nH]1. The molecule has 19 heavy (non-hydrogen) atoms. The van der Waals surface area contributed by atoms with Gasteiger partial charge in [-0.1, -0.05) is 6.07 Å². The molecule has 2 heterocycles. The Morgan fingerprint density at radius 3 is 2.84 bits per heavy atom. The van der Waals surface area contributed by atoms with Gasteiger partial charge in [-0.15, -0.1) is 11.3 Å². The van der Waals surface area contributed by atoms with Crippen molar-refractivity contribution in [3.63, 3.8) is 0 Å². The van der Waals surface area contributed by atoms with Gasteiger partial charge in [-0.25, -0.2) is 0 Å². The van der Waals surface area contributed by atoms with Gasteiger partial charge in [-0.2, -0.15) is 0 Å². The number of rotatable bonds is 6. The molecule has 0 spiro atoms. The van der Waals surface area contributed by atoms with Crippen LogP contribution in [0.1, 0.15) is 28.2 Å². The van der Waals surface area contributed by atoms with Crippen LogP contribution in [0, 0.1) is 13.8 Å². The molecule has 0 saturated heterocycles. The molecule has 0 aliphatic rings. The minimum absolute atomic E-state index is 0.137. The van der Waals surface area contributed by atoms with Crippen molar-refractivity contribution in [2.24, 2.45) is 0 Å². The van der Waals surface area contributed by atoms with Crippen LogP contribution in [0.25, 0.3) is 0 Å². The molecule has 2 aromatic heterocycles. The topological polar surface area (TPSA) is 44.9 Å². The van der Waals surface area contributed by atoms with Crippen molar-refractivity contribution in [3.05, 3.63) is 45.4 Å². The summed E-state index contributed by atoms with van der Waals surface area (Å²) in [6, 6.07) is 6.24. The van der Waals surface area contributed by atoms with Gasteiger partial charge in [0.25, 0.3) is 0 Å². The fourth-order valence-electron chi connectivity index (χ4n) is 2.16. The number of H-pyrrole nitrogens is 1. The summed E-state index contributed by atoms with van der Waals surface area (Å²) in [5.74, 6) is 0.137. The van der Waals surface area contributed by atoms with E-state index < -0.39 is 0 Å². The molecule has 0 aliphatic heterocycles. The molecule has 1 amide bonds. The molecule has 0 unspecified atom stereocenters. The van der Waals surface area contributed by atoms with Crippen LogP contribution < -0.4 is 5.32 Å². The number of amides is 1. The lowest BCUT2D eigenvalue weighted by Gasteiger charge is -2.04. The number of carbonyl (C=O) groups excluding carboxylic acids is 1. The van der Waals surface area contributed by atoms with Crippen LogP contribution in [-0.4, -0.2) is 17.4 Å². The smallest absolute Gasteiger partial charge is 0.220 e. The number of aromatic amines is 1. The molecule has 0 atom stereocenters. The number of aromatic nitrogens is 1. The molecule has 102 valence electrons.